The molecule has 0 aromatic heterocycles. The number of carbonyl (C=O) groups excluding carboxylic acids is 9. The maximum Gasteiger partial charge on any atom is 0.326 e. The normalized spacial score (nSPS) is 14.7. The first-order valence-electron chi connectivity index (χ1n) is 24.5. The third-order valence-corrected chi connectivity index (χ3v) is 11.8. The number of aliphatic carboxylic acids is 3. The van der Waals surface area contributed by atoms with Crippen molar-refractivity contribution in [2.24, 2.45) is 29.0 Å². The van der Waals surface area contributed by atoms with Gasteiger partial charge in [-0.2, -0.15) is 11.8 Å². The number of primary amides is 1. The largest absolute Gasteiger partial charge is 0.481 e. The Hall–Kier alpha value is -6.87. The van der Waals surface area contributed by atoms with Crippen LogP contribution in [0.3, 0.4) is 0 Å². The van der Waals surface area contributed by atoms with E-state index < -0.39 is 151 Å². The predicted molar refractivity (Wildman–Crippen MR) is 275 cm³/mol. The standard InChI is InChI=1S/C48H77N11O15S/c1-25(2)20-33(45(70)58-35(24-39(63)64)47(72)55-31(15-16-38(61)62)43(68)59-36(48(73)74)21-26(3)4)57-46(71)34(22-28-12-8-7-9-13-28)56-40(65)27(5)52-42(67)30(14-10-11-18-49)54-44(69)32(17-19-75-6)53-41(66)29(50)23-37(51)60/h7-9,12-13,25-27,29-36H,10-11,14-24,49-50H2,1-6H3,(H2,51,60)(H,52,67)(H,53,66)(H,54,69)(H,55,72)(H,56,65)(H,57,71)(H,58,70)(H,59,68)(H,61,62)(H,63,64)(H,73,74)/t27-,29-,30-,31-,32-,33-,34-,35-,36-/m0/s1. The minimum Gasteiger partial charge on any atom is -0.481 e. The van der Waals surface area contributed by atoms with E-state index in [2.05, 4.69) is 42.5 Å². The number of benzene rings is 1. The number of rotatable bonds is 37. The number of carboxylic acids is 3. The van der Waals surface area contributed by atoms with Crippen molar-refractivity contribution in [2.75, 3.05) is 18.6 Å². The van der Waals surface area contributed by atoms with Gasteiger partial charge in [-0.1, -0.05) is 58.0 Å². The Bertz CT molecular complexity index is 2120. The van der Waals surface area contributed by atoms with E-state index >= 15 is 0 Å². The lowest BCUT2D eigenvalue weighted by molar-refractivity contribution is -0.144. The molecule has 17 N–H and O–H groups in total. The minimum absolute atomic E-state index is 0.0199. The summed E-state index contributed by atoms with van der Waals surface area (Å²) >= 11 is 1.38. The van der Waals surface area contributed by atoms with Gasteiger partial charge in [0.05, 0.1) is 18.9 Å². The fourth-order valence-corrected chi connectivity index (χ4v) is 7.74. The van der Waals surface area contributed by atoms with Crippen molar-refractivity contribution in [1.29, 1.82) is 0 Å². The van der Waals surface area contributed by atoms with Crippen molar-refractivity contribution in [1.82, 2.24) is 42.5 Å². The highest BCUT2D eigenvalue weighted by atomic mass is 32.2. The Labute approximate surface area is 440 Å². The molecule has 0 aliphatic carbocycles. The molecule has 0 unspecified atom stereocenters. The molecule has 27 heteroatoms. The Morgan fingerprint density at radius 3 is 1.49 bits per heavy atom. The van der Waals surface area contributed by atoms with Crippen molar-refractivity contribution in [3.63, 3.8) is 0 Å². The van der Waals surface area contributed by atoms with Gasteiger partial charge in [-0.05, 0) is 87.8 Å². The molecule has 75 heavy (non-hydrogen) atoms. The number of carbonyl (C=O) groups is 12. The summed E-state index contributed by atoms with van der Waals surface area (Å²) in [6.45, 7) is 8.38. The molecule has 0 spiro atoms. The molecule has 1 aromatic carbocycles. The first kappa shape index (κ1) is 66.1. The molecule has 0 saturated heterocycles. The maximum absolute atomic E-state index is 14.2. The van der Waals surface area contributed by atoms with Crippen LogP contribution in [0.2, 0.25) is 0 Å². The third-order valence-electron chi connectivity index (χ3n) is 11.2. The molecule has 0 heterocycles. The quantitative estimate of drug-likeness (QED) is 0.0312. The van der Waals surface area contributed by atoms with Gasteiger partial charge in [-0.3, -0.25) is 52.7 Å². The summed E-state index contributed by atoms with van der Waals surface area (Å²) in [5.74, 6) is -12.8. The van der Waals surface area contributed by atoms with E-state index in [4.69, 9.17) is 17.2 Å². The number of hydrogen-bond acceptors (Lipinski definition) is 15. The zero-order valence-corrected chi connectivity index (χ0v) is 44.1. The lowest BCUT2D eigenvalue weighted by Crippen LogP contribution is -2.60. The van der Waals surface area contributed by atoms with E-state index in [9.17, 15) is 72.9 Å². The average molecular weight is 1080 g/mol. The highest BCUT2D eigenvalue weighted by molar-refractivity contribution is 7.98. The molecule has 0 aliphatic heterocycles. The molecule has 0 aliphatic rings. The van der Waals surface area contributed by atoms with Gasteiger partial charge in [0.2, 0.25) is 53.2 Å². The lowest BCUT2D eigenvalue weighted by Gasteiger charge is -2.28. The summed E-state index contributed by atoms with van der Waals surface area (Å²) in [4.78, 5) is 156. The first-order chi connectivity index (χ1) is 35.2. The molecule has 0 saturated carbocycles. The number of amides is 9. The van der Waals surface area contributed by atoms with E-state index in [0.717, 1.165) is 0 Å². The number of thioether (sulfide) groups is 1. The van der Waals surface area contributed by atoms with Crippen molar-refractivity contribution in [3.8, 4) is 0 Å². The molecule has 420 valence electrons. The Morgan fingerprint density at radius 1 is 0.520 bits per heavy atom. The van der Waals surface area contributed by atoms with E-state index in [0.29, 0.717) is 24.2 Å². The highest BCUT2D eigenvalue weighted by Gasteiger charge is 2.36. The van der Waals surface area contributed by atoms with Crippen LogP contribution in [0.4, 0.5) is 0 Å². The van der Waals surface area contributed by atoms with Crippen LogP contribution in [-0.4, -0.2) is 159 Å². The Balaban J connectivity index is 3.47. The van der Waals surface area contributed by atoms with Crippen molar-refractivity contribution in [3.05, 3.63) is 35.9 Å². The second kappa shape index (κ2) is 34.6. The fraction of sp³-hybridized carbons (Fsp3) is 0.625. The zero-order chi connectivity index (χ0) is 56.9. The van der Waals surface area contributed by atoms with Gasteiger partial charge < -0.3 is 75.1 Å². The molecule has 1 rings (SSSR count). The van der Waals surface area contributed by atoms with Crippen LogP contribution >= 0.6 is 11.8 Å². The maximum atomic E-state index is 14.2. The highest BCUT2D eigenvalue weighted by Crippen LogP contribution is 2.12. The summed E-state index contributed by atoms with van der Waals surface area (Å²) in [6, 6.07) is -4.64. The number of carboxylic acid groups (broad SMARTS) is 3. The number of nitrogens with one attached hydrogen (secondary N) is 8. The summed E-state index contributed by atoms with van der Waals surface area (Å²) in [6.07, 6.45) is -0.208. The average Bonchev–Trinajstić information content (AvgIpc) is 3.32. The second-order valence-electron chi connectivity index (χ2n) is 18.8. The Morgan fingerprint density at radius 2 is 0.973 bits per heavy atom. The number of nitrogens with two attached hydrogens (primary N) is 3. The van der Waals surface area contributed by atoms with Crippen LogP contribution in [0.25, 0.3) is 0 Å². The predicted octanol–water partition coefficient (Wildman–Crippen LogP) is -2.27. The number of hydrogen-bond donors (Lipinski definition) is 14. The molecule has 1 aromatic rings. The summed E-state index contributed by atoms with van der Waals surface area (Å²) in [5.41, 5.74) is 17.2. The van der Waals surface area contributed by atoms with Crippen LogP contribution in [0.1, 0.15) is 104 Å². The number of unbranched alkanes of at least 4 members (excludes halogenated alkanes) is 1. The third kappa shape index (κ3) is 26.8. The van der Waals surface area contributed by atoms with Crippen LogP contribution in [0.5, 0.6) is 0 Å². The molecule has 0 radical (unpaired) electrons. The second-order valence-corrected chi connectivity index (χ2v) is 19.8. The SMILES string of the molecule is CSCC[C@H](NC(=O)[C@@H](N)CC(N)=O)C(=O)N[C@@H](CCCCN)C(=O)N[C@@H](C)C(=O)N[C@@H](Cc1ccccc1)C(=O)N[C@@H](CC(C)C)C(=O)N[C@@H](CC(=O)O)C(=O)N[C@@H](CCC(=O)O)C(=O)N[C@@H](CC(C)C)C(=O)O. The molecule has 0 fully saturated rings. The van der Waals surface area contributed by atoms with Crippen LogP contribution in [-0.2, 0) is 64.0 Å². The van der Waals surface area contributed by atoms with E-state index in [1.807, 2.05) is 0 Å². The van der Waals surface area contributed by atoms with Gasteiger partial charge >= 0.3 is 17.9 Å². The van der Waals surface area contributed by atoms with Gasteiger partial charge in [-0.25, -0.2) is 4.79 Å². The summed E-state index contributed by atoms with van der Waals surface area (Å²) in [7, 11) is 0. The molecular formula is C48H77N11O15S. The zero-order valence-electron chi connectivity index (χ0n) is 43.3. The van der Waals surface area contributed by atoms with Crippen molar-refractivity contribution < 1.29 is 72.9 Å². The smallest absolute Gasteiger partial charge is 0.326 e. The Kier molecular flexibility index (Phi) is 30.5. The molecule has 9 amide bonds. The van der Waals surface area contributed by atoms with Gasteiger partial charge in [0.1, 0.15) is 48.3 Å². The summed E-state index contributed by atoms with van der Waals surface area (Å²) < 4.78 is 0. The van der Waals surface area contributed by atoms with E-state index in [-0.39, 0.29) is 50.5 Å². The van der Waals surface area contributed by atoms with Gasteiger partial charge in [0, 0.05) is 12.8 Å². The summed E-state index contributed by atoms with van der Waals surface area (Å²) in [5, 5.41) is 48.4. The molecule has 9 atom stereocenters. The lowest BCUT2D eigenvalue weighted by atomic mass is 10.00. The van der Waals surface area contributed by atoms with Crippen molar-refractivity contribution in [2.45, 2.75) is 160 Å². The van der Waals surface area contributed by atoms with Gasteiger partial charge in [-0.15, -0.1) is 0 Å². The van der Waals surface area contributed by atoms with Gasteiger partial charge in [0.15, 0.2) is 0 Å². The van der Waals surface area contributed by atoms with Crippen LogP contribution < -0.4 is 59.7 Å². The molecule has 0 bridgehead atoms. The van der Waals surface area contributed by atoms with Crippen LogP contribution in [0.15, 0.2) is 30.3 Å². The monoisotopic (exact) mass is 1080 g/mol. The molecule has 26 nitrogen and oxygen atoms in total. The van der Waals surface area contributed by atoms with Crippen molar-refractivity contribution >= 4 is 82.8 Å². The van der Waals surface area contributed by atoms with Crippen LogP contribution in [0, 0.1) is 11.8 Å². The first-order valence-corrected chi connectivity index (χ1v) is 25.9. The van der Waals surface area contributed by atoms with E-state index in [1.54, 1.807) is 64.3 Å². The fourth-order valence-electron chi connectivity index (χ4n) is 7.27. The van der Waals surface area contributed by atoms with E-state index in [1.165, 1.54) is 18.7 Å². The van der Waals surface area contributed by atoms with Gasteiger partial charge in [0.25, 0.3) is 0 Å². The molecular weight excluding hydrogens is 1000 g/mol. The minimum atomic E-state index is -1.91. The topological polar surface area (TPSA) is 440 Å².